The number of hydrogen-bond donors (Lipinski definition) is 2. The van der Waals surface area contributed by atoms with Crippen molar-refractivity contribution in [2.24, 2.45) is 0 Å². The highest BCUT2D eigenvalue weighted by atomic mass is 35.5. The van der Waals surface area contributed by atoms with E-state index in [2.05, 4.69) is 28.3 Å². The normalized spacial score (nSPS) is 12.9. The molecule has 2 aromatic rings. The van der Waals surface area contributed by atoms with Gasteiger partial charge in [-0.15, -0.1) is 11.3 Å². The lowest BCUT2D eigenvalue weighted by molar-refractivity contribution is 0.271. The minimum absolute atomic E-state index is 0.0101. The first-order chi connectivity index (χ1) is 8.67. The SMILES string of the molecule is CCc1cc2c(NC(CC)CO)nc(Cl)nc2s1. The smallest absolute Gasteiger partial charge is 0.225 e. The first-order valence-electron chi connectivity index (χ1n) is 6.01. The standard InChI is InChI=1S/C12H16ClN3OS/c1-3-7(6-17)14-10-9-5-8(4-2)18-11(9)16-12(13)15-10/h5,7,17H,3-4,6H2,1-2H3,(H,14,15,16). The minimum atomic E-state index is -0.0101. The van der Waals surface area contributed by atoms with Crippen LogP contribution >= 0.6 is 22.9 Å². The lowest BCUT2D eigenvalue weighted by Crippen LogP contribution is -2.23. The molecule has 18 heavy (non-hydrogen) atoms. The Morgan fingerprint density at radius 2 is 2.22 bits per heavy atom. The summed E-state index contributed by atoms with van der Waals surface area (Å²) in [6, 6.07) is 2.08. The van der Waals surface area contributed by atoms with Gasteiger partial charge in [-0.1, -0.05) is 13.8 Å². The predicted octanol–water partition coefficient (Wildman–Crippen LogP) is 3.09. The first kappa shape index (κ1) is 13.5. The van der Waals surface area contributed by atoms with Gasteiger partial charge in [0.2, 0.25) is 5.28 Å². The van der Waals surface area contributed by atoms with E-state index in [0.29, 0.717) is 5.82 Å². The van der Waals surface area contributed by atoms with Crippen LogP contribution in [0.2, 0.25) is 5.28 Å². The summed E-state index contributed by atoms with van der Waals surface area (Å²) >= 11 is 7.56. The van der Waals surface area contributed by atoms with Crippen molar-refractivity contribution in [2.45, 2.75) is 32.7 Å². The number of halogens is 1. The summed E-state index contributed by atoms with van der Waals surface area (Å²) in [4.78, 5) is 10.6. The van der Waals surface area contributed by atoms with E-state index in [0.717, 1.165) is 23.1 Å². The van der Waals surface area contributed by atoms with Crippen LogP contribution in [0.1, 0.15) is 25.1 Å². The topological polar surface area (TPSA) is 58.0 Å². The van der Waals surface area contributed by atoms with E-state index in [9.17, 15) is 5.11 Å². The summed E-state index contributed by atoms with van der Waals surface area (Å²) in [5.74, 6) is 0.710. The molecule has 2 aromatic heterocycles. The van der Waals surface area contributed by atoms with E-state index in [1.165, 1.54) is 4.88 Å². The fourth-order valence-electron chi connectivity index (χ4n) is 1.70. The van der Waals surface area contributed by atoms with Crippen molar-refractivity contribution in [2.75, 3.05) is 11.9 Å². The summed E-state index contributed by atoms with van der Waals surface area (Å²) in [5.41, 5.74) is 0. The number of nitrogens with zero attached hydrogens (tertiary/aromatic N) is 2. The summed E-state index contributed by atoms with van der Waals surface area (Å²) in [5, 5.41) is 13.7. The van der Waals surface area contributed by atoms with Crippen LogP contribution in [0.15, 0.2) is 6.07 Å². The molecule has 2 N–H and O–H groups in total. The van der Waals surface area contributed by atoms with Gasteiger partial charge in [-0.3, -0.25) is 0 Å². The molecular weight excluding hydrogens is 270 g/mol. The van der Waals surface area contributed by atoms with Crippen LogP contribution in [0.3, 0.4) is 0 Å². The minimum Gasteiger partial charge on any atom is -0.394 e. The lowest BCUT2D eigenvalue weighted by atomic mass is 10.2. The highest BCUT2D eigenvalue weighted by Crippen LogP contribution is 2.30. The fraction of sp³-hybridized carbons (Fsp3) is 0.500. The number of fused-ring (bicyclic) bond motifs is 1. The Balaban J connectivity index is 2.44. The van der Waals surface area contributed by atoms with Crippen molar-refractivity contribution < 1.29 is 5.11 Å². The van der Waals surface area contributed by atoms with Crippen LogP contribution in [0.5, 0.6) is 0 Å². The number of hydrogen-bond acceptors (Lipinski definition) is 5. The molecule has 0 aliphatic carbocycles. The highest BCUT2D eigenvalue weighted by molar-refractivity contribution is 7.18. The number of aliphatic hydroxyl groups excluding tert-OH is 1. The van der Waals surface area contributed by atoms with Crippen LogP contribution in [-0.2, 0) is 6.42 Å². The molecule has 0 fully saturated rings. The molecule has 0 bridgehead atoms. The summed E-state index contributed by atoms with van der Waals surface area (Å²) in [7, 11) is 0. The monoisotopic (exact) mass is 285 g/mol. The Labute approximate surface area is 115 Å². The second-order valence-electron chi connectivity index (χ2n) is 4.06. The van der Waals surface area contributed by atoms with Crippen LogP contribution in [0, 0.1) is 0 Å². The molecule has 1 atom stereocenters. The summed E-state index contributed by atoms with van der Waals surface area (Å²) < 4.78 is 0. The molecule has 1 unspecified atom stereocenters. The van der Waals surface area contributed by atoms with Crippen molar-refractivity contribution >= 4 is 39.0 Å². The number of aromatic nitrogens is 2. The zero-order chi connectivity index (χ0) is 13.1. The van der Waals surface area contributed by atoms with Gasteiger partial charge < -0.3 is 10.4 Å². The van der Waals surface area contributed by atoms with Gasteiger partial charge >= 0.3 is 0 Å². The number of rotatable bonds is 5. The fourth-order valence-corrected chi connectivity index (χ4v) is 2.89. The molecule has 6 heteroatoms. The maximum Gasteiger partial charge on any atom is 0.225 e. The molecule has 2 heterocycles. The third kappa shape index (κ3) is 2.74. The molecule has 0 aliphatic heterocycles. The second-order valence-corrected chi connectivity index (χ2v) is 5.51. The van der Waals surface area contributed by atoms with E-state index in [-0.39, 0.29) is 17.9 Å². The predicted molar refractivity (Wildman–Crippen MR) is 76.6 cm³/mol. The maximum atomic E-state index is 9.24. The number of anilines is 1. The molecule has 0 amide bonds. The van der Waals surface area contributed by atoms with Crippen LogP contribution in [0.25, 0.3) is 10.2 Å². The number of aliphatic hydroxyl groups is 1. The van der Waals surface area contributed by atoms with Gasteiger partial charge in [0.05, 0.1) is 18.0 Å². The van der Waals surface area contributed by atoms with Crippen molar-refractivity contribution in [1.82, 2.24) is 9.97 Å². The van der Waals surface area contributed by atoms with Crippen molar-refractivity contribution in [1.29, 1.82) is 0 Å². The molecule has 0 spiro atoms. The summed E-state index contributed by atoms with van der Waals surface area (Å²) in [6.45, 7) is 4.19. The van der Waals surface area contributed by atoms with Gasteiger partial charge in [-0.25, -0.2) is 9.97 Å². The number of thiophene rings is 1. The number of nitrogens with one attached hydrogen (secondary N) is 1. The van der Waals surface area contributed by atoms with Gasteiger partial charge in [0.25, 0.3) is 0 Å². The Morgan fingerprint density at radius 1 is 1.44 bits per heavy atom. The molecule has 2 rings (SSSR count). The van der Waals surface area contributed by atoms with E-state index < -0.39 is 0 Å². The van der Waals surface area contributed by atoms with E-state index in [1.807, 2.05) is 6.92 Å². The van der Waals surface area contributed by atoms with Gasteiger partial charge in [-0.05, 0) is 30.5 Å². The molecule has 98 valence electrons. The van der Waals surface area contributed by atoms with Crippen molar-refractivity contribution in [3.63, 3.8) is 0 Å². The van der Waals surface area contributed by atoms with E-state index in [4.69, 9.17) is 11.6 Å². The van der Waals surface area contributed by atoms with Gasteiger partial charge in [0.1, 0.15) is 10.6 Å². The Bertz CT molecular complexity index is 539. The molecule has 0 saturated carbocycles. The summed E-state index contributed by atoms with van der Waals surface area (Å²) in [6.07, 6.45) is 1.79. The number of aryl methyl sites for hydroxylation is 1. The quantitative estimate of drug-likeness (QED) is 0.829. The molecule has 0 saturated heterocycles. The third-order valence-electron chi connectivity index (χ3n) is 2.82. The zero-order valence-electron chi connectivity index (χ0n) is 10.4. The van der Waals surface area contributed by atoms with Crippen molar-refractivity contribution in [3.8, 4) is 0 Å². The molecule has 0 aliphatic rings. The van der Waals surface area contributed by atoms with Gasteiger partial charge in [0.15, 0.2) is 0 Å². The maximum absolute atomic E-state index is 9.24. The highest BCUT2D eigenvalue weighted by Gasteiger charge is 2.13. The first-order valence-corrected chi connectivity index (χ1v) is 7.20. The average Bonchev–Trinajstić information content (AvgIpc) is 2.78. The zero-order valence-corrected chi connectivity index (χ0v) is 12.0. The molecule has 0 radical (unpaired) electrons. The lowest BCUT2D eigenvalue weighted by Gasteiger charge is -2.15. The van der Waals surface area contributed by atoms with Gasteiger partial charge in [-0.2, -0.15) is 0 Å². The second kappa shape index (κ2) is 5.82. The largest absolute Gasteiger partial charge is 0.394 e. The van der Waals surface area contributed by atoms with E-state index >= 15 is 0 Å². The van der Waals surface area contributed by atoms with Crippen LogP contribution < -0.4 is 5.32 Å². The molecule has 0 aromatic carbocycles. The Morgan fingerprint density at radius 3 is 2.83 bits per heavy atom. The molecular formula is C12H16ClN3OS. The average molecular weight is 286 g/mol. The Hall–Kier alpha value is -0.910. The van der Waals surface area contributed by atoms with Crippen LogP contribution in [-0.4, -0.2) is 27.7 Å². The third-order valence-corrected chi connectivity index (χ3v) is 4.16. The van der Waals surface area contributed by atoms with Crippen LogP contribution in [0.4, 0.5) is 5.82 Å². The molecule has 4 nitrogen and oxygen atoms in total. The van der Waals surface area contributed by atoms with Gasteiger partial charge in [0, 0.05) is 4.88 Å². The Kier molecular flexibility index (Phi) is 4.37. The van der Waals surface area contributed by atoms with E-state index in [1.54, 1.807) is 11.3 Å². The van der Waals surface area contributed by atoms with Crippen molar-refractivity contribution in [3.05, 3.63) is 16.2 Å².